The first kappa shape index (κ1) is 44.7. The second-order valence-corrected chi connectivity index (χ2v) is 11.1. The van der Waals surface area contributed by atoms with Gasteiger partial charge < -0.3 is 37.9 Å². The summed E-state index contributed by atoms with van der Waals surface area (Å²) in [7, 11) is 2.10. The van der Waals surface area contributed by atoms with Gasteiger partial charge in [-0.3, -0.25) is 0 Å². The van der Waals surface area contributed by atoms with Crippen LogP contribution in [-0.2, 0) is 0 Å². The molecule has 0 aromatic rings. The van der Waals surface area contributed by atoms with Gasteiger partial charge in [0.05, 0.1) is 0 Å². The van der Waals surface area contributed by atoms with E-state index in [0.29, 0.717) is 22.8 Å². The molecule has 0 aromatic heterocycles. The zero-order valence-electron chi connectivity index (χ0n) is 23.0. The number of nitrogens with one attached hydrogen (secondary N) is 1. The molecule has 3 rings (SSSR count). The first-order valence-electron chi connectivity index (χ1n) is 12.7. The molecule has 3 atom stereocenters. The molecule has 0 amide bonds. The Balaban J connectivity index is -0.000000200. The number of nitrogens with zero attached hydrogens (tertiary/aromatic N) is 1. The van der Waals surface area contributed by atoms with Gasteiger partial charge in [0.2, 0.25) is 0 Å². The highest BCUT2D eigenvalue weighted by atomic mass is 35.5. The average molecular weight is 530 g/mol. The maximum Gasteiger partial charge on any atom is 0.0373 e. The Bertz CT molecular complexity index is 481. The van der Waals surface area contributed by atoms with E-state index in [0.717, 1.165) is 18.9 Å². The maximum atomic E-state index is 6.26. The summed E-state index contributed by atoms with van der Waals surface area (Å²) in [6, 6.07) is 0.596. The molecule has 0 bridgehead atoms. The van der Waals surface area contributed by atoms with E-state index >= 15 is 0 Å². The van der Waals surface area contributed by atoms with Crippen LogP contribution in [0.15, 0.2) is 11.6 Å². The summed E-state index contributed by atoms with van der Waals surface area (Å²) in [5.74, 6) is 1.44. The molecule has 2 unspecified atom stereocenters. The molecule has 2 fully saturated rings. The Morgan fingerprint density at radius 1 is 1.06 bits per heavy atom. The third-order valence-corrected chi connectivity index (χ3v) is 7.41. The van der Waals surface area contributed by atoms with Crippen LogP contribution in [0.2, 0.25) is 0 Å². The Labute approximate surface area is 222 Å². The van der Waals surface area contributed by atoms with Crippen molar-refractivity contribution in [1.29, 1.82) is 0 Å². The van der Waals surface area contributed by atoms with Crippen molar-refractivity contribution in [3.63, 3.8) is 0 Å². The van der Waals surface area contributed by atoms with Crippen LogP contribution in [0.25, 0.3) is 0 Å². The molecule has 35 heavy (non-hydrogen) atoms. The Kier molecular flexibility index (Phi) is 30.8. The van der Waals surface area contributed by atoms with Gasteiger partial charge in [-0.1, -0.05) is 85.8 Å². The van der Waals surface area contributed by atoms with E-state index in [9.17, 15) is 0 Å². The van der Waals surface area contributed by atoms with Gasteiger partial charge >= 0.3 is 0 Å². The number of hydrogen-bond acceptors (Lipinski definition) is 3. The molecule has 1 heterocycles. The van der Waals surface area contributed by atoms with Crippen molar-refractivity contribution in [2.45, 2.75) is 111 Å². The lowest BCUT2D eigenvalue weighted by Gasteiger charge is -2.47. The molecular weight excluding hydrogens is 466 g/mol. The number of nitrogens with two attached hydrogens (primary N) is 1. The summed E-state index contributed by atoms with van der Waals surface area (Å²) in [4.78, 5) is 2.67. The maximum absolute atomic E-state index is 6.26. The van der Waals surface area contributed by atoms with Gasteiger partial charge in [0.1, 0.15) is 0 Å². The predicted molar refractivity (Wildman–Crippen MR) is 157 cm³/mol. The highest BCUT2D eigenvalue weighted by Gasteiger charge is 2.38. The van der Waals surface area contributed by atoms with E-state index in [1.165, 1.54) is 71.0 Å². The minimum atomic E-state index is 0. The summed E-state index contributed by atoms with van der Waals surface area (Å²) >= 11 is 6.26. The minimum Gasteiger partial charge on any atom is -0.412 e. The molecule has 0 aromatic carbocycles. The van der Waals surface area contributed by atoms with Crippen LogP contribution in [0.3, 0.4) is 0 Å². The number of halogens is 1. The van der Waals surface area contributed by atoms with Crippen molar-refractivity contribution in [1.82, 2.24) is 10.2 Å². The topological polar surface area (TPSA) is 167 Å². The fourth-order valence-corrected chi connectivity index (χ4v) is 5.45. The molecule has 1 saturated carbocycles. The molecule has 8 heteroatoms. The summed E-state index contributed by atoms with van der Waals surface area (Å²) < 4.78 is 0. The molecule has 218 valence electrons. The second-order valence-electron chi connectivity index (χ2n) is 10.5. The van der Waals surface area contributed by atoms with E-state index in [-0.39, 0.29) is 29.3 Å². The Morgan fingerprint density at radius 2 is 1.54 bits per heavy atom. The van der Waals surface area contributed by atoms with Crippen LogP contribution < -0.4 is 11.1 Å². The smallest absolute Gasteiger partial charge is 0.0373 e. The molecule has 0 spiro atoms. The normalized spacial score (nSPS) is 23.5. The van der Waals surface area contributed by atoms with Gasteiger partial charge in [-0.2, -0.15) is 0 Å². The highest BCUT2D eigenvalue weighted by Crippen LogP contribution is 2.43. The lowest BCUT2D eigenvalue weighted by Crippen LogP contribution is -2.51. The van der Waals surface area contributed by atoms with Gasteiger partial charge in [-0.15, -0.1) is 11.6 Å². The molecule has 7 nitrogen and oxygen atoms in total. The Morgan fingerprint density at radius 3 is 1.89 bits per heavy atom. The summed E-state index contributed by atoms with van der Waals surface area (Å²) in [6.45, 7) is 15.8. The number of rotatable bonds is 5. The third kappa shape index (κ3) is 17.0. The van der Waals surface area contributed by atoms with Crippen LogP contribution in [0, 0.1) is 17.3 Å². The third-order valence-electron chi connectivity index (χ3n) is 7.02. The van der Waals surface area contributed by atoms with Crippen LogP contribution >= 0.6 is 11.6 Å². The average Bonchev–Trinajstić information content (AvgIpc) is 3.27. The fraction of sp³-hybridized carbons (Fsp3) is 0.926. The highest BCUT2D eigenvalue weighted by molar-refractivity contribution is 6.20. The largest absolute Gasteiger partial charge is 0.412 e. The van der Waals surface area contributed by atoms with E-state index in [1.807, 2.05) is 6.92 Å². The summed E-state index contributed by atoms with van der Waals surface area (Å²) in [5, 5.41) is 3.86. The molecule has 11 N–H and O–H groups in total. The van der Waals surface area contributed by atoms with Gasteiger partial charge in [0.15, 0.2) is 0 Å². The Hall–Kier alpha value is -0.250. The van der Waals surface area contributed by atoms with E-state index in [4.69, 9.17) is 17.3 Å². The SMILES string of the molecule is C.C1CCCC1.CCN.CN[C@@H](CN1CCC(C2=CCC(Cl)CC2)C(C)(C)C1)C(C)C.O.O.O.O. The van der Waals surface area contributed by atoms with Crippen molar-refractivity contribution >= 4 is 11.6 Å². The quantitative estimate of drug-likeness (QED) is 0.411. The fourth-order valence-electron chi connectivity index (χ4n) is 5.25. The standard InChI is InChI=1S/C19H35ClN2.C5H10.C2H7N.CH4.4H2O/c1-14(2)18(21-5)12-22-11-10-17(19(3,4)13-22)15-6-8-16(20)9-7-15;1-2-4-5-3-1;1-2-3;;;;;/h6,14,16-18,21H,7-13H2,1-5H3;1-5H2;2-3H2,1H3;1H4;4*1H2/t16?,17?,18-;;;;;;;/m0......./s1. The molecule has 3 aliphatic rings. The second kappa shape index (κ2) is 24.1. The number of likely N-dealkylation sites (N-methyl/N-ethyl adjacent to an activating group) is 1. The van der Waals surface area contributed by atoms with Crippen molar-refractivity contribution in [3.05, 3.63) is 11.6 Å². The lowest BCUT2D eigenvalue weighted by atomic mass is 9.68. The van der Waals surface area contributed by atoms with Crippen molar-refractivity contribution < 1.29 is 21.9 Å². The summed E-state index contributed by atoms with van der Waals surface area (Å²) in [5.41, 5.74) is 6.91. The van der Waals surface area contributed by atoms with Crippen molar-refractivity contribution in [3.8, 4) is 0 Å². The number of piperidine rings is 1. The lowest BCUT2D eigenvalue weighted by molar-refractivity contribution is 0.0607. The van der Waals surface area contributed by atoms with Crippen LogP contribution in [0.5, 0.6) is 0 Å². The van der Waals surface area contributed by atoms with Crippen molar-refractivity contribution in [2.75, 3.05) is 33.2 Å². The molecule has 2 aliphatic carbocycles. The van der Waals surface area contributed by atoms with Crippen LogP contribution in [-0.4, -0.2) is 71.5 Å². The van der Waals surface area contributed by atoms with Crippen LogP contribution in [0.4, 0.5) is 0 Å². The number of likely N-dealkylation sites (tertiary alicyclic amines) is 1. The first-order valence-corrected chi connectivity index (χ1v) is 13.1. The zero-order valence-corrected chi connectivity index (χ0v) is 23.7. The number of allylic oxidation sites excluding steroid dienone is 2. The van der Waals surface area contributed by atoms with Crippen molar-refractivity contribution in [2.24, 2.45) is 23.0 Å². The van der Waals surface area contributed by atoms with E-state index in [1.54, 1.807) is 5.57 Å². The predicted octanol–water partition coefficient (Wildman–Crippen LogP) is 3.55. The summed E-state index contributed by atoms with van der Waals surface area (Å²) in [6.07, 6.45) is 14.7. The van der Waals surface area contributed by atoms with Gasteiger partial charge in [0.25, 0.3) is 0 Å². The molecule has 0 radical (unpaired) electrons. The van der Waals surface area contributed by atoms with E-state index < -0.39 is 0 Å². The van der Waals surface area contributed by atoms with Gasteiger partial charge in [-0.25, -0.2) is 0 Å². The van der Waals surface area contributed by atoms with Gasteiger partial charge in [0, 0.05) is 24.5 Å². The van der Waals surface area contributed by atoms with Gasteiger partial charge in [-0.05, 0) is 63.1 Å². The zero-order chi connectivity index (χ0) is 22.6. The molecular formula is C27H64ClN3O4. The number of alkyl halides is 1. The van der Waals surface area contributed by atoms with Crippen LogP contribution in [0.1, 0.15) is 99.8 Å². The monoisotopic (exact) mass is 529 g/mol. The minimum absolute atomic E-state index is 0. The van der Waals surface area contributed by atoms with E-state index in [2.05, 4.69) is 51.0 Å². The number of hydrogen-bond donors (Lipinski definition) is 2. The molecule has 1 aliphatic heterocycles. The first-order chi connectivity index (χ1) is 14.2. The molecule has 1 saturated heterocycles.